The van der Waals surface area contributed by atoms with Gasteiger partial charge in [-0.3, -0.25) is 14.1 Å². The van der Waals surface area contributed by atoms with Crippen LogP contribution in [0.5, 0.6) is 11.6 Å². The Morgan fingerprint density at radius 1 is 1.26 bits per heavy atom. The van der Waals surface area contributed by atoms with Crippen molar-refractivity contribution in [2.24, 2.45) is 7.05 Å². The van der Waals surface area contributed by atoms with Crippen molar-refractivity contribution in [2.75, 3.05) is 38.6 Å². The van der Waals surface area contributed by atoms with E-state index in [1.54, 1.807) is 36.0 Å². The third kappa shape index (κ3) is 4.13. The number of imidazole rings is 1. The number of hydrogen-bond acceptors (Lipinski definition) is 8. The molecule has 4 heterocycles. The van der Waals surface area contributed by atoms with E-state index in [4.69, 9.17) is 9.47 Å². The molecule has 9 nitrogen and oxygen atoms in total. The van der Waals surface area contributed by atoms with Gasteiger partial charge in [-0.15, -0.1) is 0 Å². The summed E-state index contributed by atoms with van der Waals surface area (Å²) in [6, 6.07) is 3.32. The second-order valence-electron chi connectivity index (χ2n) is 11.1. The first-order chi connectivity index (χ1) is 18.9. The zero-order chi connectivity index (χ0) is 26.9. The molecule has 204 valence electrons. The van der Waals surface area contributed by atoms with Gasteiger partial charge in [-0.25, -0.2) is 14.2 Å². The molecule has 2 saturated carbocycles. The van der Waals surface area contributed by atoms with Crippen molar-refractivity contribution in [1.29, 1.82) is 0 Å². The molecule has 0 unspecified atom stereocenters. The highest BCUT2D eigenvalue weighted by Crippen LogP contribution is 2.51. The normalized spacial score (nSPS) is 17.3. The number of nitrogens with zero attached hydrogens (tertiary/aromatic N) is 5. The first-order valence-electron chi connectivity index (χ1n) is 13.4. The lowest BCUT2D eigenvalue weighted by molar-refractivity contribution is 0.241. The smallest absolute Gasteiger partial charge is 0.329 e. The van der Waals surface area contributed by atoms with Gasteiger partial charge in [0.2, 0.25) is 5.88 Å². The summed E-state index contributed by atoms with van der Waals surface area (Å²) < 4.78 is 35.2. The zero-order valence-corrected chi connectivity index (χ0v) is 23.1. The summed E-state index contributed by atoms with van der Waals surface area (Å²) in [6.45, 7) is 1.74. The Bertz CT molecular complexity index is 1670. The van der Waals surface area contributed by atoms with E-state index in [1.165, 1.54) is 18.9 Å². The molecule has 0 radical (unpaired) electrons. The van der Waals surface area contributed by atoms with E-state index in [1.807, 2.05) is 24.7 Å². The highest BCUT2D eigenvalue weighted by molar-refractivity contribution is 8.01. The lowest BCUT2D eigenvalue weighted by atomic mass is 10.0. The maximum Gasteiger partial charge on any atom is 0.329 e. The number of nitrogens with one attached hydrogen (secondary N) is 1. The summed E-state index contributed by atoms with van der Waals surface area (Å²) in [5, 5.41) is 1.22. The van der Waals surface area contributed by atoms with E-state index >= 15 is 4.39 Å². The topological polar surface area (TPSA) is 86.4 Å². The number of rotatable bonds is 9. The third-order valence-electron chi connectivity index (χ3n) is 7.86. The molecule has 1 N–H and O–H groups in total. The molecule has 11 heteroatoms. The lowest BCUT2D eigenvalue weighted by Crippen LogP contribution is -2.34. The van der Waals surface area contributed by atoms with Gasteiger partial charge in [-0.2, -0.15) is 0 Å². The van der Waals surface area contributed by atoms with Crippen LogP contribution in [0.25, 0.3) is 33.1 Å². The van der Waals surface area contributed by atoms with Crippen LogP contribution >= 0.6 is 11.9 Å². The second kappa shape index (κ2) is 9.12. The number of aryl methyl sites for hydroxylation is 1. The number of fused-ring (bicyclic) bond motifs is 1. The molecule has 3 aliphatic rings. The van der Waals surface area contributed by atoms with Crippen molar-refractivity contribution in [2.45, 2.75) is 42.9 Å². The highest BCUT2D eigenvalue weighted by Gasteiger charge is 2.50. The first-order valence-corrected chi connectivity index (χ1v) is 14.3. The first kappa shape index (κ1) is 24.7. The molecule has 0 atom stereocenters. The van der Waals surface area contributed by atoms with Crippen LogP contribution in [-0.4, -0.2) is 63.1 Å². The summed E-state index contributed by atoms with van der Waals surface area (Å²) in [5.41, 5.74) is 3.05. The highest BCUT2D eigenvalue weighted by atomic mass is 32.2. The Morgan fingerprint density at radius 2 is 2.08 bits per heavy atom. The number of benzene rings is 1. The molecule has 7 rings (SSSR count). The minimum absolute atomic E-state index is 0.0971. The molecule has 1 aromatic carbocycles. The Morgan fingerprint density at radius 3 is 2.82 bits per heavy atom. The molecule has 1 aliphatic heterocycles. The summed E-state index contributed by atoms with van der Waals surface area (Å²) in [6.07, 6.45) is 8.19. The van der Waals surface area contributed by atoms with Crippen LogP contribution in [0.15, 0.2) is 29.3 Å². The number of hydrogen-bond donors (Lipinski definition) is 1. The van der Waals surface area contributed by atoms with Gasteiger partial charge in [0.15, 0.2) is 0 Å². The number of pyridine rings is 2. The van der Waals surface area contributed by atoms with Crippen LogP contribution in [0, 0.1) is 5.82 Å². The molecule has 39 heavy (non-hydrogen) atoms. The average Bonchev–Trinajstić information content (AvgIpc) is 3.84. The van der Waals surface area contributed by atoms with Gasteiger partial charge in [-0.1, -0.05) is 0 Å². The van der Waals surface area contributed by atoms with Crippen molar-refractivity contribution in [1.82, 2.24) is 24.0 Å². The predicted molar refractivity (Wildman–Crippen MR) is 151 cm³/mol. The number of anilines is 1. The average molecular weight is 551 g/mol. The van der Waals surface area contributed by atoms with Crippen LogP contribution < -0.4 is 19.9 Å². The van der Waals surface area contributed by atoms with Gasteiger partial charge in [0.05, 0.1) is 45.8 Å². The fourth-order valence-electron chi connectivity index (χ4n) is 5.38. The van der Waals surface area contributed by atoms with E-state index in [0.717, 1.165) is 31.3 Å². The van der Waals surface area contributed by atoms with Crippen LogP contribution in [-0.2, 0) is 12.6 Å². The molecule has 0 saturated heterocycles. The van der Waals surface area contributed by atoms with Gasteiger partial charge < -0.3 is 19.1 Å². The van der Waals surface area contributed by atoms with Gasteiger partial charge in [-0.05, 0) is 64.2 Å². The van der Waals surface area contributed by atoms with Crippen molar-refractivity contribution < 1.29 is 13.9 Å². The predicted octanol–water partition coefficient (Wildman–Crippen LogP) is 4.52. The van der Waals surface area contributed by atoms with Gasteiger partial charge in [0, 0.05) is 36.7 Å². The number of aromatic nitrogens is 4. The van der Waals surface area contributed by atoms with Crippen LogP contribution in [0.2, 0.25) is 0 Å². The summed E-state index contributed by atoms with van der Waals surface area (Å²) in [7, 11) is 5.82. The zero-order valence-electron chi connectivity index (χ0n) is 22.3. The molecule has 0 bridgehead atoms. The third-order valence-corrected chi connectivity index (χ3v) is 9.00. The monoisotopic (exact) mass is 550 g/mol. The largest absolute Gasteiger partial charge is 0.490 e. The van der Waals surface area contributed by atoms with Crippen molar-refractivity contribution in [3.63, 3.8) is 0 Å². The van der Waals surface area contributed by atoms with Gasteiger partial charge >= 0.3 is 5.69 Å². The quantitative estimate of drug-likeness (QED) is 0.241. The fraction of sp³-hybridized carbons (Fsp3) is 0.464. The molecule has 2 fully saturated rings. The standard InChI is InChI=1S/C28H31FN6O3S/c1-33(2)9-4-10-37-26-20(32-39-17-5-6-17)11-16(13-31-26)22-18(29)12-19-23-24-21(14-30-19)34(3)27(36)35(24)28(7-8-28)15-38-25(22)23/h11-14,17,32H,4-10,15H2,1-3H3. The number of ether oxygens (including phenoxy) is 2. The summed E-state index contributed by atoms with van der Waals surface area (Å²) in [4.78, 5) is 24.6. The van der Waals surface area contributed by atoms with E-state index < -0.39 is 11.4 Å². The molecule has 4 aromatic rings. The molecule has 0 amide bonds. The molecule has 2 aliphatic carbocycles. The van der Waals surface area contributed by atoms with Crippen LogP contribution in [0.3, 0.4) is 0 Å². The molecule has 3 aromatic heterocycles. The maximum atomic E-state index is 15.9. The van der Waals surface area contributed by atoms with E-state index in [9.17, 15) is 4.79 Å². The number of halogens is 1. The Balaban J connectivity index is 1.36. The minimum atomic E-state index is -0.442. The van der Waals surface area contributed by atoms with E-state index in [2.05, 4.69) is 19.6 Å². The minimum Gasteiger partial charge on any atom is -0.490 e. The molecular formula is C28H31FN6O3S. The second-order valence-corrected chi connectivity index (χ2v) is 12.2. The SMILES string of the molecule is CN(C)CCCOc1ncc(-c2c(F)cc3ncc4c5c3c2OCC2(CC2)n5c(=O)n4C)cc1NSC1CC1. The van der Waals surface area contributed by atoms with Crippen molar-refractivity contribution in [3.8, 4) is 22.8 Å². The molecule has 1 spiro atoms. The van der Waals surface area contributed by atoms with Gasteiger partial charge in [0.25, 0.3) is 0 Å². The van der Waals surface area contributed by atoms with Crippen LogP contribution in [0.1, 0.15) is 32.1 Å². The maximum absolute atomic E-state index is 15.9. The Kier molecular flexibility index (Phi) is 5.78. The van der Waals surface area contributed by atoms with Gasteiger partial charge in [0.1, 0.15) is 23.9 Å². The van der Waals surface area contributed by atoms with E-state index in [0.29, 0.717) is 63.3 Å². The summed E-state index contributed by atoms with van der Waals surface area (Å²) in [5.74, 6) is 0.466. The Hall–Kier alpha value is -3.31. The fourth-order valence-corrected chi connectivity index (χ4v) is 6.19. The summed E-state index contributed by atoms with van der Waals surface area (Å²) >= 11 is 1.65. The lowest BCUT2D eigenvalue weighted by Gasteiger charge is -2.18. The Labute approximate surface area is 229 Å². The molecular weight excluding hydrogens is 519 g/mol. The van der Waals surface area contributed by atoms with E-state index in [-0.39, 0.29) is 5.69 Å². The van der Waals surface area contributed by atoms with Crippen LogP contribution in [0.4, 0.5) is 10.1 Å². The van der Waals surface area contributed by atoms with Crippen molar-refractivity contribution >= 4 is 39.6 Å². The van der Waals surface area contributed by atoms with Crippen molar-refractivity contribution in [3.05, 3.63) is 40.8 Å².